The fourth-order valence-corrected chi connectivity index (χ4v) is 7.96. The lowest BCUT2D eigenvalue weighted by molar-refractivity contribution is -0.130. The highest BCUT2D eigenvalue weighted by atomic mass is 32.2. The van der Waals surface area contributed by atoms with Crippen molar-refractivity contribution in [1.82, 2.24) is 10.5 Å². The summed E-state index contributed by atoms with van der Waals surface area (Å²) >= 11 is 1.37. The van der Waals surface area contributed by atoms with E-state index in [2.05, 4.69) is 4.98 Å². The maximum atomic E-state index is 13.1. The number of nitrogens with zero attached hydrogens (tertiary/aromatic N) is 1. The first-order valence-corrected chi connectivity index (χ1v) is 13.5. The van der Waals surface area contributed by atoms with Gasteiger partial charge in [0.1, 0.15) is 17.1 Å². The molecule has 178 valence electrons. The zero-order valence-electron chi connectivity index (χ0n) is 18.5. The number of hydrogen-bond acceptors (Lipinski definition) is 7. The van der Waals surface area contributed by atoms with E-state index in [1.807, 2.05) is 54.6 Å². The standard InChI is InChI=1S/C25H26N2O5S2/c28-24(27-29)17-25(13-1-2-16-34(25,30)31)23-12-11-22(33-23)20-7-9-21(10-8-20)32-15-4-6-19-5-3-14-26-18-19/h3-12,14,18,29H,1-2,13,15-17H2,(H,27,28)/t25-/m0/s1. The largest absolute Gasteiger partial charge is 0.490 e. The van der Waals surface area contributed by atoms with E-state index in [1.165, 1.54) is 11.3 Å². The summed E-state index contributed by atoms with van der Waals surface area (Å²) in [6.45, 7) is 0.421. The summed E-state index contributed by atoms with van der Waals surface area (Å²) in [6.07, 6.45) is 8.75. The monoisotopic (exact) mass is 498 g/mol. The van der Waals surface area contributed by atoms with Crippen LogP contribution in [0.15, 0.2) is 67.0 Å². The van der Waals surface area contributed by atoms with Crippen LogP contribution >= 0.6 is 11.3 Å². The van der Waals surface area contributed by atoms with Gasteiger partial charge in [0.25, 0.3) is 0 Å². The summed E-state index contributed by atoms with van der Waals surface area (Å²) in [5.74, 6) is 0.0713. The third-order valence-corrected chi connectivity index (χ3v) is 10.00. The second kappa shape index (κ2) is 10.5. The third kappa shape index (κ3) is 5.22. The van der Waals surface area contributed by atoms with E-state index in [9.17, 15) is 13.2 Å². The molecule has 3 aromatic rings. The Kier molecular flexibility index (Phi) is 7.45. The van der Waals surface area contributed by atoms with Crippen LogP contribution in [0.4, 0.5) is 0 Å². The van der Waals surface area contributed by atoms with E-state index in [-0.39, 0.29) is 12.2 Å². The van der Waals surface area contributed by atoms with Gasteiger partial charge in [-0.1, -0.05) is 18.6 Å². The molecule has 34 heavy (non-hydrogen) atoms. The molecule has 9 heteroatoms. The molecule has 1 atom stereocenters. The highest BCUT2D eigenvalue weighted by Gasteiger charge is 2.49. The Bertz CT molecular complexity index is 1250. The van der Waals surface area contributed by atoms with Gasteiger partial charge >= 0.3 is 0 Å². The number of ether oxygens (including phenoxy) is 1. The number of carbonyl (C=O) groups excluding carboxylic acids is 1. The Morgan fingerprint density at radius 2 is 2.00 bits per heavy atom. The predicted octanol–water partition coefficient (Wildman–Crippen LogP) is 4.59. The van der Waals surface area contributed by atoms with Crippen LogP contribution in [0.2, 0.25) is 0 Å². The number of carbonyl (C=O) groups is 1. The lowest BCUT2D eigenvalue weighted by Gasteiger charge is -2.35. The molecule has 1 amide bonds. The molecule has 0 spiro atoms. The van der Waals surface area contributed by atoms with Gasteiger partial charge in [-0.05, 0) is 72.5 Å². The number of hydrogen-bond donors (Lipinski definition) is 2. The average Bonchev–Trinajstić information content (AvgIpc) is 3.35. The van der Waals surface area contributed by atoms with E-state index in [1.54, 1.807) is 23.9 Å². The van der Waals surface area contributed by atoms with Crippen molar-refractivity contribution in [3.05, 3.63) is 77.4 Å². The van der Waals surface area contributed by atoms with Crippen molar-refractivity contribution in [1.29, 1.82) is 0 Å². The third-order valence-electron chi connectivity index (χ3n) is 5.94. The quantitative estimate of drug-likeness (QED) is 0.348. The Labute approximate surface area is 203 Å². The molecule has 1 saturated heterocycles. The van der Waals surface area contributed by atoms with Crippen molar-refractivity contribution < 1.29 is 23.2 Å². The molecule has 0 saturated carbocycles. The number of amides is 1. The molecule has 0 aliphatic carbocycles. The van der Waals surface area contributed by atoms with Gasteiger partial charge in [0.15, 0.2) is 9.84 Å². The summed E-state index contributed by atoms with van der Waals surface area (Å²) in [7, 11) is -3.54. The topological polar surface area (TPSA) is 106 Å². The van der Waals surface area contributed by atoms with E-state index in [0.717, 1.165) is 21.8 Å². The minimum Gasteiger partial charge on any atom is -0.490 e. The van der Waals surface area contributed by atoms with Gasteiger partial charge in [0.2, 0.25) is 5.91 Å². The van der Waals surface area contributed by atoms with Crippen LogP contribution in [0.25, 0.3) is 16.5 Å². The first-order chi connectivity index (χ1) is 16.4. The van der Waals surface area contributed by atoms with Gasteiger partial charge in [0.05, 0.1) is 12.2 Å². The molecule has 1 aliphatic heterocycles. The molecule has 0 radical (unpaired) electrons. The molecule has 0 unspecified atom stereocenters. The number of nitrogens with one attached hydrogen (secondary N) is 1. The maximum Gasteiger partial charge on any atom is 0.245 e. The molecule has 4 rings (SSSR count). The summed E-state index contributed by atoms with van der Waals surface area (Å²) in [5, 5.41) is 9.03. The summed E-state index contributed by atoms with van der Waals surface area (Å²) in [4.78, 5) is 17.6. The van der Waals surface area contributed by atoms with Crippen LogP contribution in [-0.4, -0.2) is 36.9 Å². The van der Waals surface area contributed by atoms with Gasteiger partial charge in [0, 0.05) is 22.1 Å². The number of sulfone groups is 1. The Morgan fingerprint density at radius 1 is 1.18 bits per heavy atom. The molecule has 7 nitrogen and oxygen atoms in total. The fourth-order valence-electron chi connectivity index (χ4n) is 4.17. The van der Waals surface area contributed by atoms with Gasteiger partial charge in [-0.2, -0.15) is 0 Å². The number of benzene rings is 1. The number of rotatable bonds is 8. The van der Waals surface area contributed by atoms with Crippen LogP contribution in [0.3, 0.4) is 0 Å². The van der Waals surface area contributed by atoms with E-state index >= 15 is 0 Å². The minimum atomic E-state index is -3.54. The second-order valence-corrected chi connectivity index (χ2v) is 11.7. The maximum absolute atomic E-state index is 13.1. The van der Waals surface area contributed by atoms with Crippen LogP contribution in [0, 0.1) is 0 Å². The molecular formula is C25H26N2O5S2. The molecular weight excluding hydrogens is 472 g/mol. The summed E-state index contributed by atoms with van der Waals surface area (Å²) in [5.41, 5.74) is 3.54. The van der Waals surface area contributed by atoms with Crippen LogP contribution in [-0.2, 0) is 19.4 Å². The normalized spacial score (nSPS) is 19.7. The Hall–Kier alpha value is -3.01. The van der Waals surface area contributed by atoms with Crippen molar-refractivity contribution in [2.24, 2.45) is 0 Å². The lowest BCUT2D eigenvalue weighted by Crippen LogP contribution is -2.43. The molecule has 2 aromatic heterocycles. The second-order valence-electron chi connectivity index (χ2n) is 8.17. The van der Waals surface area contributed by atoms with Crippen molar-refractivity contribution in [3.63, 3.8) is 0 Å². The number of pyridine rings is 1. The SMILES string of the molecule is O=C(C[C@]1(c2ccc(-c3ccc(OCC=Cc4cccnc4)cc3)s2)CCCCS1(=O)=O)NO. The van der Waals surface area contributed by atoms with Crippen molar-refractivity contribution >= 4 is 33.2 Å². The van der Waals surface area contributed by atoms with Crippen molar-refractivity contribution in [2.45, 2.75) is 30.4 Å². The van der Waals surface area contributed by atoms with Crippen molar-refractivity contribution in [3.8, 4) is 16.2 Å². The minimum absolute atomic E-state index is 0.0419. The first kappa shape index (κ1) is 24.1. The number of thiophene rings is 1. The number of hydroxylamine groups is 1. The van der Waals surface area contributed by atoms with E-state index in [0.29, 0.717) is 30.7 Å². The highest BCUT2D eigenvalue weighted by Crippen LogP contribution is 2.47. The first-order valence-electron chi connectivity index (χ1n) is 11.0. The molecule has 3 heterocycles. The van der Waals surface area contributed by atoms with Gasteiger partial charge in [-0.15, -0.1) is 11.3 Å². The average molecular weight is 499 g/mol. The van der Waals surface area contributed by atoms with Crippen molar-refractivity contribution in [2.75, 3.05) is 12.4 Å². The Morgan fingerprint density at radius 3 is 2.71 bits per heavy atom. The smallest absolute Gasteiger partial charge is 0.245 e. The summed E-state index contributed by atoms with van der Waals surface area (Å²) in [6, 6.07) is 15.1. The van der Waals surface area contributed by atoms with Gasteiger partial charge in [-0.25, -0.2) is 13.9 Å². The molecule has 0 bridgehead atoms. The fraction of sp³-hybridized carbons (Fsp3) is 0.280. The highest BCUT2D eigenvalue weighted by molar-refractivity contribution is 7.92. The van der Waals surface area contributed by atoms with Gasteiger partial charge < -0.3 is 4.74 Å². The van der Waals surface area contributed by atoms with Gasteiger partial charge in [-0.3, -0.25) is 15.0 Å². The molecule has 2 N–H and O–H groups in total. The lowest BCUT2D eigenvalue weighted by atomic mass is 9.94. The summed E-state index contributed by atoms with van der Waals surface area (Å²) < 4.78 is 30.6. The molecule has 1 fully saturated rings. The van der Waals surface area contributed by atoms with Crippen LogP contribution in [0.5, 0.6) is 5.75 Å². The Balaban J connectivity index is 1.48. The van der Waals surface area contributed by atoms with Crippen LogP contribution in [0.1, 0.15) is 36.1 Å². The van der Waals surface area contributed by atoms with E-state index in [4.69, 9.17) is 9.94 Å². The zero-order valence-corrected chi connectivity index (χ0v) is 20.1. The molecule has 1 aromatic carbocycles. The van der Waals surface area contributed by atoms with Crippen LogP contribution < -0.4 is 10.2 Å². The predicted molar refractivity (Wildman–Crippen MR) is 132 cm³/mol. The number of aromatic nitrogens is 1. The van der Waals surface area contributed by atoms with E-state index < -0.39 is 20.5 Å². The zero-order chi connectivity index (χ0) is 24.0. The molecule has 1 aliphatic rings.